The predicted molar refractivity (Wildman–Crippen MR) is 83.9 cm³/mol. The number of halogens is 2. The van der Waals surface area contributed by atoms with Crippen molar-refractivity contribution in [1.29, 1.82) is 0 Å². The van der Waals surface area contributed by atoms with Gasteiger partial charge in [0.2, 0.25) is 0 Å². The van der Waals surface area contributed by atoms with Gasteiger partial charge in [0, 0.05) is 17.0 Å². The summed E-state index contributed by atoms with van der Waals surface area (Å²) in [6, 6.07) is 8.01. The second-order valence-corrected chi connectivity index (χ2v) is 5.92. The van der Waals surface area contributed by atoms with Gasteiger partial charge in [-0.25, -0.2) is 9.78 Å². The Morgan fingerprint density at radius 3 is 2.81 bits per heavy atom. The summed E-state index contributed by atoms with van der Waals surface area (Å²) in [6.45, 7) is 0.422. The monoisotopic (exact) mass is 343 g/mol. The van der Waals surface area contributed by atoms with Crippen molar-refractivity contribution in [3.63, 3.8) is 0 Å². The SMILES string of the molecule is O=C(O)c1ccnc(SCCOc2ccc(Cl)cc2Cl)c1. The third kappa shape index (κ3) is 4.81. The largest absolute Gasteiger partial charge is 0.491 e. The Labute approximate surface area is 136 Å². The fourth-order valence-corrected chi connectivity index (χ4v) is 2.70. The normalized spacial score (nSPS) is 10.4. The third-order valence-corrected chi connectivity index (χ3v) is 3.89. The predicted octanol–water partition coefficient (Wildman–Crippen LogP) is 4.26. The number of pyridine rings is 1. The summed E-state index contributed by atoms with van der Waals surface area (Å²) in [7, 11) is 0. The van der Waals surface area contributed by atoms with E-state index in [1.165, 1.54) is 30.1 Å². The summed E-state index contributed by atoms with van der Waals surface area (Å²) >= 11 is 13.2. The standard InChI is InChI=1S/C14H11Cl2NO3S/c15-10-1-2-12(11(16)8-10)20-5-6-21-13-7-9(14(18)19)3-4-17-13/h1-4,7-8H,5-6H2,(H,18,19). The number of ether oxygens (including phenoxy) is 1. The second kappa shape index (κ2) is 7.54. The van der Waals surface area contributed by atoms with Crippen LogP contribution in [-0.2, 0) is 0 Å². The molecule has 4 nitrogen and oxygen atoms in total. The maximum Gasteiger partial charge on any atom is 0.335 e. The second-order valence-electron chi connectivity index (χ2n) is 3.96. The van der Waals surface area contributed by atoms with Crippen LogP contribution in [0.5, 0.6) is 5.75 Å². The first-order valence-electron chi connectivity index (χ1n) is 5.96. The molecule has 0 amide bonds. The number of carboxylic acid groups (broad SMARTS) is 1. The number of rotatable bonds is 6. The van der Waals surface area contributed by atoms with Gasteiger partial charge in [-0.1, -0.05) is 23.2 Å². The van der Waals surface area contributed by atoms with E-state index >= 15 is 0 Å². The van der Waals surface area contributed by atoms with E-state index in [1.807, 2.05) is 0 Å². The van der Waals surface area contributed by atoms with Crippen LogP contribution in [0.3, 0.4) is 0 Å². The molecule has 0 saturated carbocycles. The summed E-state index contributed by atoms with van der Waals surface area (Å²) in [5.74, 6) is 0.215. The molecule has 110 valence electrons. The maximum atomic E-state index is 10.8. The molecule has 0 unspecified atom stereocenters. The van der Waals surface area contributed by atoms with E-state index in [-0.39, 0.29) is 5.56 Å². The highest BCUT2D eigenvalue weighted by molar-refractivity contribution is 7.99. The van der Waals surface area contributed by atoms with Gasteiger partial charge in [0.25, 0.3) is 0 Å². The van der Waals surface area contributed by atoms with E-state index < -0.39 is 5.97 Å². The summed E-state index contributed by atoms with van der Waals surface area (Å²) in [5.41, 5.74) is 0.217. The minimum atomic E-state index is -0.969. The Bertz CT molecular complexity index is 652. The molecule has 1 heterocycles. The lowest BCUT2D eigenvalue weighted by Gasteiger charge is -2.08. The number of carbonyl (C=O) groups is 1. The van der Waals surface area contributed by atoms with Crippen LogP contribution in [-0.4, -0.2) is 28.4 Å². The first-order valence-corrected chi connectivity index (χ1v) is 7.70. The maximum absolute atomic E-state index is 10.8. The molecule has 1 aromatic heterocycles. The number of carboxylic acids is 1. The topological polar surface area (TPSA) is 59.4 Å². The molecule has 0 radical (unpaired) electrons. The third-order valence-electron chi connectivity index (χ3n) is 2.47. The number of nitrogens with zero attached hydrogens (tertiary/aromatic N) is 1. The zero-order chi connectivity index (χ0) is 15.2. The average molecular weight is 344 g/mol. The molecule has 2 rings (SSSR count). The Balaban J connectivity index is 1.84. The number of hydrogen-bond donors (Lipinski definition) is 1. The van der Waals surface area contributed by atoms with Crippen LogP contribution >= 0.6 is 35.0 Å². The molecule has 0 bridgehead atoms. The van der Waals surface area contributed by atoms with Gasteiger partial charge in [-0.2, -0.15) is 0 Å². The van der Waals surface area contributed by atoms with Crippen LogP contribution in [0.4, 0.5) is 0 Å². The lowest BCUT2D eigenvalue weighted by Crippen LogP contribution is -2.01. The molecule has 0 spiro atoms. The van der Waals surface area contributed by atoms with Crippen LogP contribution in [0.25, 0.3) is 0 Å². The van der Waals surface area contributed by atoms with E-state index in [9.17, 15) is 4.79 Å². The van der Waals surface area contributed by atoms with E-state index in [0.717, 1.165) is 0 Å². The molecular weight excluding hydrogens is 333 g/mol. The van der Waals surface area contributed by atoms with E-state index in [4.69, 9.17) is 33.0 Å². The molecule has 0 atom stereocenters. The summed E-state index contributed by atoms with van der Waals surface area (Å²) in [6.07, 6.45) is 1.47. The summed E-state index contributed by atoms with van der Waals surface area (Å²) in [4.78, 5) is 14.9. The van der Waals surface area contributed by atoms with Crippen molar-refractivity contribution in [3.05, 3.63) is 52.1 Å². The summed E-state index contributed by atoms with van der Waals surface area (Å²) in [5, 5.41) is 10.5. The number of hydrogen-bond acceptors (Lipinski definition) is 4. The Morgan fingerprint density at radius 2 is 2.10 bits per heavy atom. The van der Waals surface area contributed by atoms with Crippen molar-refractivity contribution in [2.75, 3.05) is 12.4 Å². The molecule has 0 aliphatic carbocycles. The van der Waals surface area contributed by atoms with Gasteiger partial charge in [-0.05, 0) is 30.3 Å². The summed E-state index contributed by atoms with van der Waals surface area (Å²) < 4.78 is 5.54. The van der Waals surface area contributed by atoms with Gasteiger partial charge in [0.05, 0.1) is 22.2 Å². The molecule has 1 aromatic carbocycles. The molecule has 7 heteroatoms. The molecule has 2 aromatic rings. The average Bonchev–Trinajstić information content (AvgIpc) is 2.45. The quantitative estimate of drug-likeness (QED) is 0.627. The first kappa shape index (κ1) is 15.9. The van der Waals surface area contributed by atoms with Gasteiger partial charge in [0.15, 0.2) is 0 Å². The minimum Gasteiger partial charge on any atom is -0.491 e. The molecule has 0 aliphatic rings. The molecule has 0 aliphatic heterocycles. The van der Waals surface area contributed by atoms with Crippen molar-refractivity contribution in [3.8, 4) is 5.75 Å². The zero-order valence-electron chi connectivity index (χ0n) is 10.8. The fraction of sp³-hybridized carbons (Fsp3) is 0.143. The molecule has 1 N–H and O–H groups in total. The van der Waals surface area contributed by atoms with E-state index in [0.29, 0.717) is 33.2 Å². The smallest absolute Gasteiger partial charge is 0.335 e. The highest BCUT2D eigenvalue weighted by Crippen LogP contribution is 2.27. The van der Waals surface area contributed by atoms with Crippen LogP contribution in [0.1, 0.15) is 10.4 Å². The highest BCUT2D eigenvalue weighted by Gasteiger charge is 2.05. The van der Waals surface area contributed by atoms with Crippen LogP contribution < -0.4 is 4.74 Å². The number of benzene rings is 1. The molecule has 21 heavy (non-hydrogen) atoms. The van der Waals surface area contributed by atoms with E-state index in [2.05, 4.69) is 4.98 Å². The van der Waals surface area contributed by atoms with Crippen molar-refractivity contribution in [1.82, 2.24) is 4.98 Å². The Kier molecular flexibility index (Phi) is 5.73. The molecule has 0 fully saturated rings. The van der Waals surface area contributed by atoms with Gasteiger partial charge < -0.3 is 9.84 Å². The molecular formula is C14H11Cl2NO3S. The van der Waals surface area contributed by atoms with Crippen molar-refractivity contribution in [2.45, 2.75) is 5.03 Å². The van der Waals surface area contributed by atoms with Gasteiger partial charge in [-0.3, -0.25) is 0 Å². The fourth-order valence-electron chi connectivity index (χ4n) is 1.51. The zero-order valence-corrected chi connectivity index (χ0v) is 13.1. The Morgan fingerprint density at radius 1 is 1.29 bits per heavy atom. The van der Waals surface area contributed by atoms with Crippen LogP contribution in [0.2, 0.25) is 10.0 Å². The number of aromatic nitrogens is 1. The van der Waals surface area contributed by atoms with Gasteiger partial charge in [-0.15, -0.1) is 11.8 Å². The van der Waals surface area contributed by atoms with Crippen LogP contribution in [0, 0.1) is 0 Å². The van der Waals surface area contributed by atoms with Gasteiger partial charge in [0.1, 0.15) is 5.75 Å². The van der Waals surface area contributed by atoms with Crippen molar-refractivity contribution >= 4 is 40.9 Å². The van der Waals surface area contributed by atoms with Crippen LogP contribution in [0.15, 0.2) is 41.6 Å². The lowest BCUT2D eigenvalue weighted by atomic mass is 10.3. The van der Waals surface area contributed by atoms with Gasteiger partial charge >= 0.3 is 5.97 Å². The van der Waals surface area contributed by atoms with Crippen molar-refractivity contribution in [2.24, 2.45) is 0 Å². The van der Waals surface area contributed by atoms with E-state index in [1.54, 1.807) is 18.2 Å². The first-order chi connectivity index (χ1) is 10.1. The molecule has 0 saturated heterocycles. The number of thioether (sulfide) groups is 1. The highest BCUT2D eigenvalue weighted by atomic mass is 35.5. The lowest BCUT2D eigenvalue weighted by molar-refractivity contribution is 0.0696. The number of aromatic carboxylic acids is 1. The Hall–Kier alpha value is -1.43. The van der Waals surface area contributed by atoms with Crippen molar-refractivity contribution < 1.29 is 14.6 Å². The minimum absolute atomic E-state index is 0.217.